The Balaban J connectivity index is 2.62. The van der Waals surface area contributed by atoms with E-state index in [0.717, 1.165) is 11.6 Å². The van der Waals surface area contributed by atoms with Crippen molar-refractivity contribution < 1.29 is 38.5 Å². The summed E-state index contributed by atoms with van der Waals surface area (Å²) in [5.41, 5.74) is 1.13. The molecule has 0 aromatic heterocycles. The van der Waals surface area contributed by atoms with Crippen LogP contribution in [0.4, 0.5) is 4.79 Å². The molecule has 220 valence electrons. The second kappa shape index (κ2) is 14.9. The van der Waals surface area contributed by atoms with Crippen LogP contribution in [0.25, 0.3) is 0 Å². The first-order chi connectivity index (χ1) is 18.8. The average molecular weight is 559 g/mol. The number of amides is 2. The Morgan fingerprint density at radius 3 is 2.25 bits per heavy atom. The van der Waals surface area contributed by atoms with Crippen molar-refractivity contribution in [1.29, 1.82) is 0 Å². The van der Waals surface area contributed by atoms with Gasteiger partial charge in [-0.3, -0.25) is 14.4 Å². The molecule has 0 radical (unpaired) electrons. The number of Topliss-reactive ketones (excluding diaryl/α,β-unsaturated/α-hetero) is 1. The van der Waals surface area contributed by atoms with Crippen molar-refractivity contribution in [2.75, 3.05) is 21.3 Å². The number of fused-ring (bicyclic) bond motifs is 2. The van der Waals surface area contributed by atoms with Crippen LogP contribution in [0.15, 0.2) is 58.9 Å². The van der Waals surface area contributed by atoms with E-state index >= 15 is 0 Å². The number of carbonyl (C=O) groups is 4. The Kier molecular flexibility index (Phi) is 12.2. The Morgan fingerprint density at radius 1 is 1.00 bits per heavy atom. The maximum Gasteiger partial charge on any atom is 0.405 e. The molecule has 2 bridgehead atoms. The number of ether oxygens (including phenoxy) is 3. The largest absolute Gasteiger partial charge is 0.465 e. The summed E-state index contributed by atoms with van der Waals surface area (Å²) in [6, 6.07) is -0.531. The highest BCUT2D eigenvalue weighted by Crippen LogP contribution is 2.29. The number of hydrogen-bond donors (Lipinski definition) is 3. The fraction of sp³-hybridized carbons (Fsp3) is 0.533. The monoisotopic (exact) mass is 558 g/mol. The van der Waals surface area contributed by atoms with E-state index in [-0.39, 0.29) is 29.0 Å². The van der Waals surface area contributed by atoms with Gasteiger partial charge in [-0.25, -0.2) is 4.79 Å². The van der Waals surface area contributed by atoms with Crippen LogP contribution in [0.3, 0.4) is 0 Å². The highest BCUT2D eigenvalue weighted by Gasteiger charge is 2.36. The summed E-state index contributed by atoms with van der Waals surface area (Å²) < 4.78 is 17.4. The molecule has 0 fully saturated rings. The lowest BCUT2D eigenvalue weighted by atomic mass is 9.83. The van der Waals surface area contributed by atoms with E-state index in [0.29, 0.717) is 12.0 Å². The van der Waals surface area contributed by atoms with Gasteiger partial charge in [0.2, 0.25) is 5.78 Å². The minimum absolute atomic E-state index is 0.123. The Bertz CT molecular complexity index is 1130. The van der Waals surface area contributed by atoms with Gasteiger partial charge in [-0.05, 0) is 38.2 Å². The molecule has 2 rings (SSSR count). The Morgan fingerprint density at radius 2 is 1.68 bits per heavy atom. The van der Waals surface area contributed by atoms with Crippen LogP contribution in [0, 0.1) is 17.8 Å². The number of hydrogen-bond acceptors (Lipinski definition) is 7. The number of ketones is 2. The molecule has 40 heavy (non-hydrogen) atoms. The quantitative estimate of drug-likeness (QED) is 0.352. The van der Waals surface area contributed by atoms with E-state index in [2.05, 4.69) is 10.6 Å². The van der Waals surface area contributed by atoms with Crippen molar-refractivity contribution >= 4 is 23.6 Å². The van der Waals surface area contributed by atoms with Gasteiger partial charge < -0.3 is 30.0 Å². The van der Waals surface area contributed by atoms with Crippen molar-refractivity contribution in [3.8, 4) is 0 Å². The summed E-state index contributed by atoms with van der Waals surface area (Å²) >= 11 is 0. The van der Waals surface area contributed by atoms with Crippen molar-refractivity contribution in [3.05, 3.63) is 58.9 Å². The molecule has 2 aliphatic rings. The van der Waals surface area contributed by atoms with E-state index in [1.54, 1.807) is 39.4 Å². The molecule has 10 nitrogen and oxygen atoms in total. The van der Waals surface area contributed by atoms with Crippen LogP contribution >= 0.6 is 0 Å². The van der Waals surface area contributed by atoms with Gasteiger partial charge in [-0.1, -0.05) is 50.6 Å². The molecule has 10 heteroatoms. The zero-order chi connectivity index (χ0) is 30.1. The summed E-state index contributed by atoms with van der Waals surface area (Å²) in [7, 11) is 4.63. The van der Waals surface area contributed by atoms with Crippen LogP contribution in [-0.2, 0) is 28.6 Å². The molecule has 0 unspecified atom stereocenters. The molecule has 0 aromatic rings. The van der Waals surface area contributed by atoms with Gasteiger partial charge in [0.1, 0.15) is 0 Å². The van der Waals surface area contributed by atoms with E-state index in [1.807, 2.05) is 33.8 Å². The first kappa shape index (κ1) is 32.9. The van der Waals surface area contributed by atoms with Crippen molar-refractivity contribution in [1.82, 2.24) is 10.6 Å². The first-order valence-corrected chi connectivity index (χ1v) is 13.3. The van der Waals surface area contributed by atoms with Gasteiger partial charge in [0, 0.05) is 44.5 Å². The number of allylic oxidation sites excluding steroid dienone is 5. The predicted octanol–water partition coefficient (Wildman–Crippen LogP) is 3.51. The molecular formula is C30H42N2O8. The molecule has 1 heterocycles. The number of nitrogens with one attached hydrogen (secondary N) is 2. The van der Waals surface area contributed by atoms with Gasteiger partial charge in [-0.15, -0.1) is 0 Å². The smallest absolute Gasteiger partial charge is 0.405 e. The van der Waals surface area contributed by atoms with Gasteiger partial charge in [0.25, 0.3) is 5.91 Å². The summed E-state index contributed by atoms with van der Waals surface area (Å²) in [6.45, 7) is 9.17. The lowest BCUT2D eigenvalue weighted by Gasteiger charge is -2.34. The molecule has 3 N–H and O–H groups in total. The third-order valence-corrected chi connectivity index (χ3v) is 7.42. The van der Waals surface area contributed by atoms with Crippen LogP contribution in [0.1, 0.15) is 41.0 Å². The van der Waals surface area contributed by atoms with Gasteiger partial charge in [-0.2, -0.15) is 0 Å². The topological polar surface area (TPSA) is 140 Å². The van der Waals surface area contributed by atoms with Gasteiger partial charge >= 0.3 is 6.09 Å². The zero-order valence-corrected chi connectivity index (χ0v) is 24.5. The number of carbonyl (C=O) groups excluding carboxylic acids is 3. The second-order valence-electron chi connectivity index (χ2n) is 10.5. The maximum absolute atomic E-state index is 13.4. The second-order valence-corrected chi connectivity index (χ2v) is 10.5. The third-order valence-electron chi connectivity index (χ3n) is 7.42. The van der Waals surface area contributed by atoms with Crippen molar-refractivity contribution in [2.24, 2.45) is 17.8 Å². The lowest BCUT2D eigenvalue weighted by molar-refractivity contribution is -0.120. The number of carboxylic acid groups (broad SMARTS) is 1. The maximum atomic E-state index is 13.4. The van der Waals surface area contributed by atoms with E-state index in [4.69, 9.17) is 14.2 Å². The molecule has 1 aliphatic heterocycles. The van der Waals surface area contributed by atoms with Gasteiger partial charge in [0.15, 0.2) is 5.78 Å². The molecule has 0 saturated heterocycles. The van der Waals surface area contributed by atoms with E-state index < -0.39 is 47.9 Å². The number of rotatable bonds is 4. The molecule has 0 aromatic carbocycles. The van der Waals surface area contributed by atoms with Crippen LogP contribution in [0.2, 0.25) is 0 Å². The van der Waals surface area contributed by atoms with Crippen LogP contribution in [-0.4, -0.2) is 74.4 Å². The number of methoxy groups -OCH3 is 3. The SMILES string of the molecule is CO[C@H]1[C@@H](OC)C[C@H](C)[C@@H](OC)C2=CC(=O)C=C(NC(=O)/C(C)=C/C=C\[C@H](C)[C@@H](NC(=O)O)/C(C)=C/[C@@H]1C)C2=O. The average Bonchev–Trinajstić information content (AvgIpc) is 2.88. The minimum Gasteiger partial charge on any atom is -0.465 e. The molecule has 2 amide bonds. The predicted molar refractivity (Wildman–Crippen MR) is 150 cm³/mol. The van der Waals surface area contributed by atoms with Crippen molar-refractivity contribution in [3.63, 3.8) is 0 Å². The minimum atomic E-state index is -1.15. The molecule has 7 atom stereocenters. The zero-order valence-electron chi connectivity index (χ0n) is 24.5. The van der Waals surface area contributed by atoms with E-state index in [1.165, 1.54) is 13.2 Å². The summed E-state index contributed by atoms with van der Waals surface area (Å²) in [6.07, 6.45) is 7.04. The Hall–Kier alpha value is -3.34. The molecule has 0 saturated carbocycles. The normalized spacial score (nSPS) is 34.4. The summed E-state index contributed by atoms with van der Waals surface area (Å²) in [5.74, 6) is -2.17. The first-order valence-electron chi connectivity index (χ1n) is 13.3. The summed E-state index contributed by atoms with van der Waals surface area (Å²) in [5, 5.41) is 14.6. The molecule has 1 aliphatic carbocycles. The highest BCUT2D eigenvalue weighted by molar-refractivity contribution is 6.22. The van der Waals surface area contributed by atoms with Crippen LogP contribution < -0.4 is 10.6 Å². The van der Waals surface area contributed by atoms with Crippen molar-refractivity contribution in [2.45, 2.75) is 65.4 Å². The summed E-state index contributed by atoms with van der Waals surface area (Å²) in [4.78, 5) is 50.4. The molecular weight excluding hydrogens is 516 g/mol. The fourth-order valence-electron chi connectivity index (χ4n) is 5.34. The standard InChI is InChI=1S/C30H42N2O8/c1-16-10-9-11-17(2)29(35)31-23-15-21(33)14-22(26(23)34)27(39-7)20(5)13-24(38-6)28(40-8)19(4)12-18(3)25(16)32-30(36)37/h9-12,14-16,19-20,24-25,27-28,32H,13H2,1-8H3,(H,31,35)(H,36,37)/b10-9-,17-11+,18-12+/t16-,19-,20-,24-,25+,27+,28+/m0/s1. The third kappa shape index (κ3) is 8.33. The lowest BCUT2D eigenvalue weighted by Crippen LogP contribution is -2.41. The van der Waals surface area contributed by atoms with Gasteiger partial charge in [0.05, 0.1) is 30.1 Å². The Labute approximate surface area is 236 Å². The fourth-order valence-corrected chi connectivity index (χ4v) is 5.34. The highest BCUT2D eigenvalue weighted by atomic mass is 16.5. The van der Waals surface area contributed by atoms with Crippen LogP contribution in [0.5, 0.6) is 0 Å². The molecule has 0 spiro atoms. The van der Waals surface area contributed by atoms with E-state index in [9.17, 15) is 24.3 Å².